The van der Waals surface area contributed by atoms with E-state index in [4.69, 9.17) is 4.74 Å². The number of nitrogens with zero attached hydrogens (tertiary/aromatic N) is 1. The van der Waals surface area contributed by atoms with Crippen LogP contribution in [0, 0.1) is 29.4 Å². The lowest BCUT2D eigenvalue weighted by molar-refractivity contribution is -0.123. The van der Waals surface area contributed by atoms with Crippen molar-refractivity contribution in [3.8, 4) is 0 Å². The molecule has 2 amide bonds. The molecule has 1 saturated heterocycles. The van der Waals surface area contributed by atoms with Crippen LogP contribution in [0.2, 0.25) is 0 Å². The Hall–Kier alpha value is -2.02. The van der Waals surface area contributed by atoms with Crippen molar-refractivity contribution in [1.29, 1.82) is 0 Å². The maximum atomic E-state index is 13.6. The third-order valence-corrected chi connectivity index (χ3v) is 5.20. The summed E-state index contributed by atoms with van der Waals surface area (Å²) >= 11 is 0. The Kier molecular flexibility index (Phi) is 3.75. The molecule has 1 N–H and O–H groups in total. The molecule has 0 bridgehead atoms. The van der Waals surface area contributed by atoms with Crippen molar-refractivity contribution in [2.45, 2.75) is 19.3 Å². The molecule has 4 rings (SSSR count). The Labute approximate surface area is 138 Å². The standard InChI is InChI=1S/C17H18F2N2O3/c18-12-6-14-15(7-13(12)19)21(8-16(22)20-14)17(23)11-5-10(11)9-1-3-24-4-2-9/h6-7,9-11H,1-5,8H2,(H,20,22)/t10-,11+/m0/s1. The van der Waals surface area contributed by atoms with Crippen LogP contribution >= 0.6 is 0 Å². The minimum atomic E-state index is -1.05. The van der Waals surface area contributed by atoms with Crippen LogP contribution in [0.25, 0.3) is 0 Å². The first kappa shape index (κ1) is 15.5. The molecule has 0 radical (unpaired) electrons. The summed E-state index contributed by atoms with van der Waals surface area (Å²) in [6.45, 7) is 1.29. The van der Waals surface area contributed by atoms with E-state index in [0.717, 1.165) is 44.6 Å². The first-order valence-electron chi connectivity index (χ1n) is 8.22. The van der Waals surface area contributed by atoms with Crippen LogP contribution < -0.4 is 10.2 Å². The third-order valence-electron chi connectivity index (χ3n) is 5.20. The van der Waals surface area contributed by atoms with Gasteiger partial charge in [-0.25, -0.2) is 8.78 Å². The molecule has 0 unspecified atom stereocenters. The highest BCUT2D eigenvalue weighted by Gasteiger charge is 2.50. The Morgan fingerprint density at radius 2 is 1.92 bits per heavy atom. The fourth-order valence-electron chi connectivity index (χ4n) is 3.84. The average Bonchev–Trinajstić information content (AvgIpc) is 3.36. The summed E-state index contributed by atoms with van der Waals surface area (Å²) in [4.78, 5) is 25.9. The van der Waals surface area contributed by atoms with Gasteiger partial charge < -0.3 is 15.0 Å². The van der Waals surface area contributed by atoms with Crippen LogP contribution in [0.15, 0.2) is 12.1 Å². The van der Waals surface area contributed by atoms with E-state index in [0.29, 0.717) is 11.8 Å². The third kappa shape index (κ3) is 2.66. The van der Waals surface area contributed by atoms with Gasteiger partial charge in [-0.05, 0) is 31.1 Å². The molecule has 2 heterocycles. The van der Waals surface area contributed by atoms with Gasteiger partial charge in [0, 0.05) is 31.3 Å². The fraction of sp³-hybridized carbons (Fsp3) is 0.529. The zero-order chi connectivity index (χ0) is 16.8. The minimum absolute atomic E-state index is 0.139. The van der Waals surface area contributed by atoms with E-state index in [9.17, 15) is 18.4 Å². The van der Waals surface area contributed by atoms with E-state index in [1.165, 1.54) is 4.90 Å². The second-order valence-corrected chi connectivity index (χ2v) is 6.71. The van der Waals surface area contributed by atoms with Crippen molar-refractivity contribution in [3.05, 3.63) is 23.8 Å². The molecule has 1 aromatic carbocycles. The van der Waals surface area contributed by atoms with E-state index in [1.54, 1.807) is 0 Å². The van der Waals surface area contributed by atoms with Crippen molar-refractivity contribution in [2.24, 2.45) is 17.8 Å². The molecular formula is C17H18F2N2O3. The smallest absolute Gasteiger partial charge is 0.244 e. The number of carbonyl (C=O) groups excluding carboxylic acids is 2. The predicted octanol–water partition coefficient (Wildman–Crippen LogP) is 2.31. The molecule has 0 aromatic heterocycles. The van der Waals surface area contributed by atoms with Gasteiger partial charge in [-0.3, -0.25) is 9.59 Å². The highest BCUT2D eigenvalue weighted by atomic mass is 19.2. The number of rotatable bonds is 2. The number of halogens is 2. The number of ether oxygens (including phenoxy) is 1. The summed E-state index contributed by atoms with van der Waals surface area (Å²) in [6.07, 6.45) is 2.69. The van der Waals surface area contributed by atoms with Crippen LogP contribution in [0.1, 0.15) is 19.3 Å². The summed E-state index contributed by atoms with van der Waals surface area (Å²) in [5.41, 5.74) is 0.373. The molecule has 24 heavy (non-hydrogen) atoms. The molecule has 2 aliphatic heterocycles. The van der Waals surface area contributed by atoms with Gasteiger partial charge in [0.2, 0.25) is 11.8 Å². The predicted molar refractivity (Wildman–Crippen MR) is 82.5 cm³/mol. The van der Waals surface area contributed by atoms with Crippen molar-refractivity contribution in [2.75, 3.05) is 30.0 Å². The molecule has 2 atom stereocenters. The second kappa shape index (κ2) is 5.81. The molecule has 128 valence electrons. The number of carbonyl (C=O) groups is 2. The SMILES string of the molecule is O=C1CN(C(=O)[C@@H]2C[C@H]2C2CCOCC2)c2cc(F)c(F)cc2N1. The monoisotopic (exact) mass is 336 g/mol. The first-order chi connectivity index (χ1) is 11.5. The van der Waals surface area contributed by atoms with E-state index in [1.807, 2.05) is 0 Å². The average molecular weight is 336 g/mol. The van der Waals surface area contributed by atoms with E-state index in [2.05, 4.69) is 5.32 Å². The highest BCUT2D eigenvalue weighted by Crippen LogP contribution is 2.49. The van der Waals surface area contributed by atoms with Gasteiger partial charge in [0.25, 0.3) is 0 Å². The van der Waals surface area contributed by atoms with Gasteiger partial charge in [0.1, 0.15) is 6.54 Å². The molecule has 5 nitrogen and oxygen atoms in total. The Balaban J connectivity index is 1.55. The molecule has 0 spiro atoms. The number of amides is 2. The first-order valence-corrected chi connectivity index (χ1v) is 8.22. The van der Waals surface area contributed by atoms with Crippen LogP contribution in [0.5, 0.6) is 0 Å². The Morgan fingerprint density at radius 1 is 1.21 bits per heavy atom. The van der Waals surface area contributed by atoms with Crippen LogP contribution in [0.3, 0.4) is 0 Å². The topological polar surface area (TPSA) is 58.6 Å². The number of hydrogen-bond acceptors (Lipinski definition) is 3. The van der Waals surface area contributed by atoms with Crippen molar-refractivity contribution < 1.29 is 23.1 Å². The van der Waals surface area contributed by atoms with Crippen LogP contribution in [-0.2, 0) is 14.3 Å². The fourth-order valence-corrected chi connectivity index (χ4v) is 3.84. The molecule has 1 aliphatic carbocycles. The van der Waals surface area contributed by atoms with Crippen molar-refractivity contribution >= 4 is 23.2 Å². The normalized spacial score (nSPS) is 26.8. The maximum Gasteiger partial charge on any atom is 0.244 e. The summed E-state index contributed by atoms with van der Waals surface area (Å²) < 4.78 is 32.3. The zero-order valence-electron chi connectivity index (χ0n) is 13.1. The number of hydrogen-bond donors (Lipinski definition) is 1. The van der Waals surface area contributed by atoms with Gasteiger partial charge in [-0.2, -0.15) is 0 Å². The molecule has 7 heteroatoms. The van der Waals surface area contributed by atoms with E-state index < -0.39 is 17.5 Å². The lowest BCUT2D eigenvalue weighted by Gasteiger charge is -2.30. The highest BCUT2D eigenvalue weighted by molar-refractivity contribution is 6.11. The largest absolute Gasteiger partial charge is 0.381 e. The lowest BCUT2D eigenvalue weighted by Crippen LogP contribution is -2.43. The summed E-state index contributed by atoms with van der Waals surface area (Å²) in [5.74, 6) is -2.01. The summed E-state index contributed by atoms with van der Waals surface area (Å²) in [6, 6.07) is 1.90. The van der Waals surface area contributed by atoms with Crippen molar-refractivity contribution in [1.82, 2.24) is 0 Å². The zero-order valence-corrected chi connectivity index (χ0v) is 13.1. The molecular weight excluding hydrogens is 318 g/mol. The molecule has 3 aliphatic rings. The van der Waals surface area contributed by atoms with E-state index in [-0.39, 0.29) is 29.7 Å². The summed E-state index contributed by atoms with van der Waals surface area (Å²) in [5, 5.41) is 2.49. The van der Waals surface area contributed by atoms with Gasteiger partial charge in [-0.15, -0.1) is 0 Å². The number of benzene rings is 1. The summed E-state index contributed by atoms with van der Waals surface area (Å²) in [7, 11) is 0. The second-order valence-electron chi connectivity index (χ2n) is 6.71. The lowest BCUT2D eigenvalue weighted by atomic mass is 9.93. The van der Waals surface area contributed by atoms with Crippen molar-refractivity contribution in [3.63, 3.8) is 0 Å². The van der Waals surface area contributed by atoms with Gasteiger partial charge in [-0.1, -0.05) is 0 Å². The van der Waals surface area contributed by atoms with Crippen LogP contribution in [-0.4, -0.2) is 31.6 Å². The molecule has 1 aromatic rings. The minimum Gasteiger partial charge on any atom is -0.381 e. The Bertz CT molecular complexity index is 703. The molecule has 1 saturated carbocycles. The number of anilines is 2. The van der Waals surface area contributed by atoms with Crippen LogP contribution in [0.4, 0.5) is 20.2 Å². The maximum absolute atomic E-state index is 13.6. The van der Waals surface area contributed by atoms with Gasteiger partial charge >= 0.3 is 0 Å². The molecule has 2 fully saturated rings. The quantitative estimate of drug-likeness (QED) is 0.902. The number of fused-ring (bicyclic) bond motifs is 1. The van der Waals surface area contributed by atoms with E-state index >= 15 is 0 Å². The Morgan fingerprint density at radius 3 is 2.67 bits per heavy atom. The van der Waals surface area contributed by atoms with Gasteiger partial charge in [0.05, 0.1) is 11.4 Å². The number of nitrogens with one attached hydrogen (secondary N) is 1. The van der Waals surface area contributed by atoms with Gasteiger partial charge in [0.15, 0.2) is 11.6 Å².